The molecule has 1 aliphatic rings. The molecule has 3 nitrogen and oxygen atoms in total. The predicted molar refractivity (Wildman–Crippen MR) is 76.7 cm³/mol. The number of rotatable bonds is 5. The summed E-state index contributed by atoms with van der Waals surface area (Å²) in [6, 6.07) is 7.60. The second kappa shape index (κ2) is 6.80. The molecule has 1 saturated carbocycles. The van der Waals surface area contributed by atoms with Crippen LogP contribution in [0.1, 0.15) is 24.8 Å². The molecule has 0 radical (unpaired) electrons. The van der Waals surface area contributed by atoms with Gasteiger partial charge in [0.15, 0.2) is 0 Å². The molecule has 0 bridgehead atoms. The van der Waals surface area contributed by atoms with Crippen LogP contribution < -0.4 is 10.1 Å². The Kier molecular flexibility index (Phi) is 5.08. The van der Waals surface area contributed by atoms with Crippen LogP contribution in [-0.4, -0.2) is 24.9 Å². The first-order valence-corrected chi connectivity index (χ1v) is 7.14. The van der Waals surface area contributed by atoms with Gasteiger partial charge >= 0.3 is 0 Å². The number of benzene rings is 1. The van der Waals surface area contributed by atoms with Crippen molar-refractivity contribution in [3.05, 3.63) is 29.8 Å². The zero-order valence-corrected chi connectivity index (χ0v) is 12.0. The van der Waals surface area contributed by atoms with Crippen molar-refractivity contribution in [2.75, 3.05) is 13.7 Å². The van der Waals surface area contributed by atoms with Crippen molar-refractivity contribution < 1.29 is 9.53 Å². The van der Waals surface area contributed by atoms with Gasteiger partial charge in [0, 0.05) is 11.9 Å². The average Bonchev–Trinajstić information content (AvgIpc) is 2.82. The summed E-state index contributed by atoms with van der Waals surface area (Å²) < 4.78 is 5.14. The monoisotopic (exact) mass is 281 g/mol. The van der Waals surface area contributed by atoms with E-state index in [-0.39, 0.29) is 5.91 Å². The molecule has 0 aliphatic heterocycles. The summed E-state index contributed by atoms with van der Waals surface area (Å²) in [5.41, 5.74) is 0.971. The van der Waals surface area contributed by atoms with Crippen LogP contribution in [0.3, 0.4) is 0 Å². The van der Waals surface area contributed by atoms with Gasteiger partial charge in [-0.15, -0.1) is 11.6 Å². The number of amides is 1. The van der Waals surface area contributed by atoms with Crippen LogP contribution in [0, 0.1) is 5.92 Å². The third-order valence-electron chi connectivity index (χ3n) is 3.56. The van der Waals surface area contributed by atoms with E-state index in [2.05, 4.69) is 5.32 Å². The van der Waals surface area contributed by atoms with Crippen molar-refractivity contribution in [3.63, 3.8) is 0 Å². The molecule has 1 N–H and O–H groups in total. The van der Waals surface area contributed by atoms with E-state index >= 15 is 0 Å². The Balaban J connectivity index is 1.77. The van der Waals surface area contributed by atoms with E-state index in [1.165, 1.54) is 0 Å². The van der Waals surface area contributed by atoms with Crippen LogP contribution in [-0.2, 0) is 11.2 Å². The van der Waals surface area contributed by atoms with Crippen LogP contribution in [0.5, 0.6) is 5.75 Å². The van der Waals surface area contributed by atoms with Crippen LogP contribution in [0.2, 0.25) is 0 Å². The molecule has 19 heavy (non-hydrogen) atoms. The molecule has 0 aromatic heterocycles. The number of hydrogen-bond donors (Lipinski definition) is 1. The van der Waals surface area contributed by atoms with E-state index in [4.69, 9.17) is 16.3 Å². The van der Waals surface area contributed by atoms with E-state index in [9.17, 15) is 4.79 Å². The summed E-state index contributed by atoms with van der Waals surface area (Å²) in [7, 11) is 1.63. The summed E-state index contributed by atoms with van der Waals surface area (Å²) in [5, 5.41) is 3.28. The first-order chi connectivity index (χ1) is 9.17. The normalized spacial score (nSPS) is 22.2. The van der Waals surface area contributed by atoms with Crippen molar-refractivity contribution in [1.82, 2.24) is 5.32 Å². The highest BCUT2D eigenvalue weighted by Crippen LogP contribution is 2.28. The van der Waals surface area contributed by atoms with E-state index in [0.717, 1.165) is 37.1 Å². The van der Waals surface area contributed by atoms with Crippen molar-refractivity contribution in [1.29, 1.82) is 0 Å². The first-order valence-electron chi connectivity index (χ1n) is 6.71. The summed E-state index contributed by atoms with van der Waals surface area (Å²) in [4.78, 5) is 11.9. The maximum atomic E-state index is 11.9. The average molecular weight is 282 g/mol. The number of halogens is 1. The Labute approximate surface area is 119 Å². The minimum absolute atomic E-state index is 0.0614. The second-order valence-electron chi connectivity index (χ2n) is 5.11. The number of ether oxygens (including phenoxy) is 1. The lowest BCUT2D eigenvalue weighted by molar-refractivity contribution is -0.120. The van der Waals surface area contributed by atoms with Gasteiger partial charge in [0.05, 0.1) is 13.5 Å². The van der Waals surface area contributed by atoms with Crippen LogP contribution >= 0.6 is 11.6 Å². The largest absolute Gasteiger partial charge is 0.497 e. The van der Waals surface area contributed by atoms with Crippen LogP contribution in [0.4, 0.5) is 0 Å². The topological polar surface area (TPSA) is 38.3 Å². The highest BCUT2D eigenvalue weighted by atomic mass is 35.5. The molecule has 1 aromatic carbocycles. The van der Waals surface area contributed by atoms with Crippen molar-refractivity contribution in [3.8, 4) is 5.75 Å². The first kappa shape index (κ1) is 14.2. The van der Waals surface area contributed by atoms with Gasteiger partial charge in [0.2, 0.25) is 5.91 Å². The molecular weight excluding hydrogens is 262 g/mol. The lowest BCUT2D eigenvalue weighted by Gasteiger charge is -2.11. The minimum Gasteiger partial charge on any atom is -0.497 e. The molecule has 0 heterocycles. The van der Waals surface area contributed by atoms with E-state index in [1.54, 1.807) is 7.11 Å². The zero-order chi connectivity index (χ0) is 13.7. The number of methoxy groups -OCH3 is 1. The van der Waals surface area contributed by atoms with Crippen LogP contribution in [0.25, 0.3) is 0 Å². The Morgan fingerprint density at radius 1 is 1.47 bits per heavy atom. The fourth-order valence-electron chi connectivity index (χ4n) is 2.49. The molecule has 2 atom stereocenters. The number of hydrogen-bond acceptors (Lipinski definition) is 2. The minimum atomic E-state index is 0.0614. The Morgan fingerprint density at radius 2 is 2.32 bits per heavy atom. The van der Waals surface area contributed by atoms with Crippen LogP contribution in [0.15, 0.2) is 24.3 Å². The number of carbonyl (C=O) groups excluding carboxylic acids is 1. The molecule has 4 heteroatoms. The SMILES string of the molecule is COc1cccc(CC(=O)NCC2CCC(Cl)C2)c1. The van der Waals surface area contributed by atoms with Gasteiger partial charge in [-0.1, -0.05) is 12.1 Å². The predicted octanol–water partition coefficient (Wildman–Crippen LogP) is 2.76. The fraction of sp³-hybridized carbons (Fsp3) is 0.533. The van der Waals surface area contributed by atoms with Gasteiger partial charge < -0.3 is 10.1 Å². The quantitative estimate of drug-likeness (QED) is 0.843. The summed E-state index contributed by atoms with van der Waals surface area (Å²) >= 11 is 6.06. The zero-order valence-electron chi connectivity index (χ0n) is 11.2. The molecular formula is C15H20ClNO2. The van der Waals surface area contributed by atoms with E-state index < -0.39 is 0 Å². The lowest BCUT2D eigenvalue weighted by atomic mass is 10.1. The molecule has 104 valence electrons. The van der Waals surface area contributed by atoms with Gasteiger partial charge in [0.25, 0.3) is 0 Å². The smallest absolute Gasteiger partial charge is 0.224 e. The lowest BCUT2D eigenvalue weighted by Crippen LogP contribution is -2.29. The molecule has 2 unspecified atom stereocenters. The molecule has 0 spiro atoms. The third-order valence-corrected chi connectivity index (χ3v) is 3.96. The number of carbonyl (C=O) groups is 1. The van der Waals surface area contributed by atoms with Gasteiger partial charge in [-0.3, -0.25) is 4.79 Å². The Hall–Kier alpha value is -1.22. The standard InChI is InChI=1S/C15H20ClNO2/c1-19-14-4-2-3-11(8-14)9-15(18)17-10-12-5-6-13(16)7-12/h2-4,8,12-13H,5-7,9-10H2,1H3,(H,17,18). The summed E-state index contributed by atoms with van der Waals surface area (Å²) in [6.07, 6.45) is 3.60. The van der Waals surface area contributed by atoms with Crippen molar-refractivity contribution >= 4 is 17.5 Å². The van der Waals surface area contributed by atoms with Gasteiger partial charge in [-0.05, 0) is 42.9 Å². The summed E-state index contributed by atoms with van der Waals surface area (Å²) in [6.45, 7) is 0.742. The van der Waals surface area contributed by atoms with Gasteiger partial charge in [0.1, 0.15) is 5.75 Å². The summed E-state index contributed by atoms with van der Waals surface area (Å²) in [5.74, 6) is 1.38. The van der Waals surface area contributed by atoms with Crippen molar-refractivity contribution in [2.24, 2.45) is 5.92 Å². The number of nitrogens with one attached hydrogen (secondary N) is 1. The highest BCUT2D eigenvalue weighted by molar-refractivity contribution is 6.20. The Morgan fingerprint density at radius 3 is 3.00 bits per heavy atom. The molecule has 1 amide bonds. The van der Waals surface area contributed by atoms with Crippen molar-refractivity contribution in [2.45, 2.75) is 31.1 Å². The second-order valence-corrected chi connectivity index (χ2v) is 5.73. The third kappa shape index (κ3) is 4.43. The van der Waals surface area contributed by atoms with Gasteiger partial charge in [-0.2, -0.15) is 0 Å². The molecule has 0 saturated heterocycles. The molecule has 1 fully saturated rings. The molecule has 1 aromatic rings. The maximum Gasteiger partial charge on any atom is 0.224 e. The fourth-order valence-corrected chi connectivity index (χ4v) is 2.87. The molecule has 1 aliphatic carbocycles. The highest BCUT2D eigenvalue weighted by Gasteiger charge is 2.22. The van der Waals surface area contributed by atoms with Gasteiger partial charge in [-0.25, -0.2) is 0 Å². The van der Waals surface area contributed by atoms with E-state index in [1.807, 2.05) is 24.3 Å². The Bertz CT molecular complexity index is 436. The number of alkyl halides is 1. The maximum absolute atomic E-state index is 11.9. The molecule has 2 rings (SSSR count). The van der Waals surface area contributed by atoms with E-state index in [0.29, 0.717) is 17.7 Å².